The third-order valence-electron chi connectivity index (χ3n) is 3.43. The first-order valence-electron chi connectivity index (χ1n) is 6.17. The highest BCUT2D eigenvalue weighted by atomic mass is 16.2. The fourth-order valence-corrected chi connectivity index (χ4v) is 2.42. The summed E-state index contributed by atoms with van der Waals surface area (Å²) in [6, 6.07) is 5.87. The van der Waals surface area contributed by atoms with E-state index in [2.05, 4.69) is 16.0 Å². The highest BCUT2D eigenvalue weighted by Crippen LogP contribution is 2.25. The predicted molar refractivity (Wildman–Crippen MR) is 68.4 cm³/mol. The van der Waals surface area contributed by atoms with Gasteiger partial charge in [-0.25, -0.2) is 0 Å². The molecule has 0 radical (unpaired) electrons. The highest BCUT2D eigenvalue weighted by molar-refractivity contribution is 5.97. The monoisotopic (exact) mass is 245 g/mol. The van der Waals surface area contributed by atoms with Gasteiger partial charge in [-0.3, -0.25) is 9.59 Å². The molecule has 5 heteroatoms. The minimum absolute atomic E-state index is 0.0479. The quantitative estimate of drug-likeness (QED) is 0.719. The fraction of sp³-hybridized carbons (Fsp3) is 0.385. The van der Waals surface area contributed by atoms with Gasteiger partial charge in [-0.15, -0.1) is 0 Å². The fourth-order valence-electron chi connectivity index (χ4n) is 2.42. The zero-order valence-electron chi connectivity index (χ0n) is 9.95. The first kappa shape index (κ1) is 11.1. The van der Waals surface area contributed by atoms with Crippen molar-refractivity contribution in [1.29, 1.82) is 0 Å². The minimum Gasteiger partial charge on any atom is -0.384 e. The molecule has 5 nitrogen and oxygen atoms in total. The molecular formula is C13H15N3O2. The first-order chi connectivity index (χ1) is 8.72. The normalized spacial score (nSPS) is 21.1. The minimum atomic E-state index is -0.246. The van der Waals surface area contributed by atoms with Crippen molar-refractivity contribution in [3.63, 3.8) is 0 Å². The van der Waals surface area contributed by atoms with E-state index in [1.165, 1.54) is 5.56 Å². The van der Waals surface area contributed by atoms with Gasteiger partial charge >= 0.3 is 0 Å². The Morgan fingerprint density at radius 1 is 1.33 bits per heavy atom. The van der Waals surface area contributed by atoms with E-state index in [9.17, 15) is 9.59 Å². The topological polar surface area (TPSA) is 70.2 Å². The van der Waals surface area contributed by atoms with E-state index in [1.807, 2.05) is 18.2 Å². The number of amides is 2. The van der Waals surface area contributed by atoms with E-state index < -0.39 is 0 Å². The lowest BCUT2D eigenvalue weighted by Gasteiger charge is -2.10. The summed E-state index contributed by atoms with van der Waals surface area (Å²) >= 11 is 0. The van der Waals surface area contributed by atoms with Crippen LogP contribution in [0.25, 0.3) is 0 Å². The summed E-state index contributed by atoms with van der Waals surface area (Å²) < 4.78 is 0. The number of anilines is 2. The van der Waals surface area contributed by atoms with Crippen LogP contribution in [0.2, 0.25) is 0 Å². The Balaban J connectivity index is 1.69. The second kappa shape index (κ2) is 4.33. The van der Waals surface area contributed by atoms with E-state index in [0.29, 0.717) is 13.0 Å². The Kier molecular flexibility index (Phi) is 2.66. The molecule has 1 aromatic rings. The van der Waals surface area contributed by atoms with E-state index in [-0.39, 0.29) is 17.7 Å². The zero-order chi connectivity index (χ0) is 12.5. The summed E-state index contributed by atoms with van der Waals surface area (Å²) in [6.07, 6.45) is 1.28. The van der Waals surface area contributed by atoms with Crippen LogP contribution >= 0.6 is 0 Å². The molecule has 2 amide bonds. The van der Waals surface area contributed by atoms with Crippen LogP contribution in [0.1, 0.15) is 12.0 Å². The standard InChI is InChI=1S/C13H15N3O2/c17-12-6-9(7-15-12)13(18)16-10-1-2-11-8(5-10)3-4-14-11/h1-2,5,9,14H,3-4,6-7H2,(H,15,17)(H,16,18). The molecule has 0 spiro atoms. The SMILES string of the molecule is O=C1CC(C(=O)Nc2ccc3c(c2)CCN3)CN1. The first-order valence-corrected chi connectivity index (χ1v) is 6.17. The third-order valence-corrected chi connectivity index (χ3v) is 3.43. The van der Waals surface area contributed by atoms with Crippen molar-refractivity contribution in [2.24, 2.45) is 5.92 Å². The van der Waals surface area contributed by atoms with Crippen LogP contribution in [-0.4, -0.2) is 24.9 Å². The van der Waals surface area contributed by atoms with Gasteiger partial charge in [-0.2, -0.15) is 0 Å². The highest BCUT2D eigenvalue weighted by Gasteiger charge is 2.28. The molecule has 0 bridgehead atoms. The van der Waals surface area contributed by atoms with Crippen LogP contribution < -0.4 is 16.0 Å². The molecule has 2 aliphatic heterocycles. The third kappa shape index (κ3) is 2.03. The average Bonchev–Trinajstić information content (AvgIpc) is 2.96. The van der Waals surface area contributed by atoms with E-state index in [1.54, 1.807) is 0 Å². The second-order valence-corrected chi connectivity index (χ2v) is 4.74. The smallest absolute Gasteiger partial charge is 0.229 e. The van der Waals surface area contributed by atoms with E-state index >= 15 is 0 Å². The van der Waals surface area contributed by atoms with Crippen molar-refractivity contribution in [3.05, 3.63) is 23.8 Å². The summed E-state index contributed by atoms with van der Waals surface area (Å²) in [6.45, 7) is 1.39. The lowest BCUT2D eigenvalue weighted by Crippen LogP contribution is -2.24. The molecule has 94 valence electrons. The van der Waals surface area contributed by atoms with Crippen LogP contribution in [0.4, 0.5) is 11.4 Å². The number of carbonyl (C=O) groups is 2. The number of hydrogen-bond acceptors (Lipinski definition) is 3. The average molecular weight is 245 g/mol. The van der Waals surface area contributed by atoms with Gasteiger partial charge < -0.3 is 16.0 Å². The summed E-state index contributed by atoms with van der Waals surface area (Å²) in [5.74, 6) is -0.378. The molecule has 0 aliphatic carbocycles. The number of carbonyl (C=O) groups excluding carboxylic acids is 2. The molecule has 2 aliphatic rings. The molecule has 2 heterocycles. The Labute approximate surface area is 105 Å². The summed E-state index contributed by atoms with van der Waals surface area (Å²) in [5.41, 5.74) is 3.18. The maximum Gasteiger partial charge on any atom is 0.229 e. The number of benzene rings is 1. The van der Waals surface area contributed by atoms with E-state index in [0.717, 1.165) is 24.3 Å². The zero-order valence-corrected chi connectivity index (χ0v) is 9.95. The van der Waals surface area contributed by atoms with Gasteiger partial charge in [0.1, 0.15) is 0 Å². The van der Waals surface area contributed by atoms with Crippen LogP contribution in [0, 0.1) is 5.92 Å². The summed E-state index contributed by atoms with van der Waals surface area (Å²) in [4.78, 5) is 23.0. The Morgan fingerprint density at radius 2 is 2.22 bits per heavy atom. The summed E-state index contributed by atoms with van der Waals surface area (Å²) in [5, 5.41) is 8.82. The van der Waals surface area contributed by atoms with Crippen molar-refractivity contribution >= 4 is 23.2 Å². The van der Waals surface area contributed by atoms with Crippen LogP contribution in [0.3, 0.4) is 0 Å². The molecule has 1 fully saturated rings. The number of rotatable bonds is 2. The van der Waals surface area contributed by atoms with Crippen molar-refractivity contribution < 1.29 is 9.59 Å². The molecule has 1 atom stereocenters. The Bertz CT molecular complexity index is 513. The molecule has 0 saturated carbocycles. The van der Waals surface area contributed by atoms with Gasteiger partial charge in [-0.05, 0) is 30.2 Å². The summed E-state index contributed by atoms with van der Waals surface area (Å²) in [7, 11) is 0. The molecule has 1 unspecified atom stereocenters. The van der Waals surface area contributed by atoms with Gasteiger partial charge in [0.25, 0.3) is 0 Å². The van der Waals surface area contributed by atoms with Crippen LogP contribution in [0.15, 0.2) is 18.2 Å². The van der Waals surface area contributed by atoms with Crippen molar-refractivity contribution in [2.45, 2.75) is 12.8 Å². The molecule has 18 heavy (non-hydrogen) atoms. The van der Waals surface area contributed by atoms with Gasteiger partial charge in [-0.1, -0.05) is 0 Å². The van der Waals surface area contributed by atoms with Crippen molar-refractivity contribution in [1.82, 2.24) is 5.32 Å². The van der Waals surface area contributed by atoms with E-state index in [4.69, 9.17) is 0 Å². The number of fused-ring (bicyclic) bond motifs is 1. The Morgan fingerprint density at radius 3 is 3.00 bits per heavy atom. The maximum absolute atomic E-state index is 11.9. The maximum atomic E-state index is 11.9. The molecule has 1 saturated heterocycles. The van der Waals surface area contributed by atoms with Crippen molar-refractivity contribution in [3.8, 4) is 0 Å². The van der Waals surface area contributed by atoms with Gasteiger partial charge in [0.15, 0.2) is 0 Å². The number of nitrogens with one attached hydrogen (secondary N) is 3. The molecule has 1 aromatic carbocycles. The molecular weight excluding hydrogens is 230 g/mol. The van der Waals surface area contributed by atoms with Crippen LogP contribution in [-0.2, 0) is 16.0 Å². The second-order valence-electron chi connectivity index (χ2n) is 4.74. The largest absolute Gasteiger partial charge is 0.384 e. The van der Waals surface area contributed by atoms with Gasteiger partial charge in [0.2, 0.25) is 11.8 Å². The van der Waals surface area contributed by atoms with Crippen LogP contribution in [0.5, 0.6) is 0 Å². The van der Waals surface area contributed by atoms with Crippen molar-refractivity contribution in [2.75, 3.05) is 23.7 Å². The van der Waals surface area contributed by atoms with Gasteiger partial charge in [0.05, 0.1) is 5.92 Å². The molecule has 3 rings (SSSR count). The lowest BCUT2D eigenvalue weighted by atomic mass is 10.1. The Hall–Kier alpha value is -2.04. The van der Waals surface area contributed by atoms with Gasteiger partial charge in [0, 0.05) is 30.9 Å². The number of hydrogen-bond donors (Lipinski definition) is 3. The molecule has 0 aromatic heterocycles. The molecule has 3 N–H and O–H groups in total. The predicted octanol–water partition coefficient (Wildman–Crippen LogP) is 0.729. The lowest BCUT2D eigenvalue weighted by molar-refractivity contribution is -0.123.